The van der Waals surface area contributed by atoms with Crippen molar-refractivity contribution in [1.82, 2.24) is 4.90 Å². The van der Waals surface area contributed by atoms with Crippen LogP contribution in [-0.4, -0.2) is 43.0 Å². The number of ketones is 1. The Morgan fingerprint density at radius 1 is 1.35 bits per heavy atom. The zero-order chi connectivity index (χ0) is 12.1. The highest BCUT2D eigenvalue weighted by atomic mass is 16.5. The van der Waals surface area contributed by atoms with Crippen molar-refractivity contribution in [2.24, 2.45) is 5.92 Å². The molecule has 2 rings (SSSR count). The molecular formula is C14H25NO2. The van der Waals surface area contributed by atoms with E-state index in [1.165, 1.54) is 12.8 Å². The second kappa shape index (κ2) is 6.50. The Hall–Kier alpha value is -0.410. The molecule has 98 valence electrons. The summed E-state index contributed by atoms with van der Waals surface area (Å²) in [6.45, 7) is 5.86. The Morgan fingerprint density at radius 2 is 2.24 bits per heavy atom. The lowest BCUT2D eigenvalue weighted by molar-refractivity contribution is -0.124. The Kier molecular flexibility index (Phi) is 4.99. The minimum atomic E-state index is 0.296. The molecule has 3 heteroatoms. The average molecular weight is 239 g/mol. The molecule has 0 bridgehead atoms. The van der Waals surface area contributed by atoms with Gasteiger partial charge in [0.05, 0.1) is 13.2 Å². The molecule has 2 aliphatic rings. The third-order valence-electron chi connectivity index (χ3n) is 4.21. The van der Waals surface area contributed by atoms with Crippen molar-refractivity contribution in [2.45, 2.75) is 51.5 Å². The van der Waals surface area contributed by atoms with Crippen LogP contribution in [0.3, 0.4) is 0 Å². The fourth-order valence-electron chi connectivity index (χ4n) is 3.01. The predicted molar refractivity (Wildman–Crippen MR) is 68.1 cm³/mol. The summed E-state index contributed by atoms with van der Waals surface area (Å²) in [5.74, 6) is 0.800. The van der Waals surface area contributed by atoms with Crippen LogP contribution in [-0.2, 0) is 9.53 Å². The SMILES string of the molecule is CCC1COCCN1CC1CCCCCC1=O. The van der Waals surface area contributed by atoms with Gasteiger partial charge in [-0.15, -0.1) is 0 Å². The summed E-state index contributed by atoms with van der Waals surface area (Å²) >= 11 is 0. The fourth-order valence-corrected chi connectivity index (χ4v) is 3.01. The van der Waals surface area contributed by atoms with Crippen molar-refractivity contribution in [2.75, 3.05) is 26.3 Å². The van der Waals surface area contributed by atoms with Crippen LogP contribution in [0.2, 0.25) is 0 Å². The van der Waals surface area contributed by atoms with E-state index < -0.39 is 0 Å². The van der Waals surface area contributed by atoms with Gasteiger partial charge in [-0.3, -0.25) is 9.69 Å². The van der Waals surface area contributed by atoms with Crippen LogP contribution in [0.25, 0.3) is 0 Å². The van der Waals surface area contributed by atoms with Gasteiger partial charge in [0.15, 0.2) is 0 Å². The van der Waals surface area contributed by atoms with Gasteiger partial charge < -0.3 is 4.74 Å². The van der Waals surface area contributed by atoms with E-state index in [9.17, 15) is 4.79 Å². The van der Waals surface area contributed by atoms with E-state index >= 15 is 0 Å². The number of carbonyl (C=O) groups excluding carboxylic acids is 1. The van der Waals surface area contributed by atoms with Gasteiger partial charge in [0, 0.05) is 31.5 Å². The van der Waals surface area contributed by atoms with Crippen molar-refractivity contribution >= 4 is 5.78 Å². The maximum absolute atomic E-state index is 12.0. The van der Waals surface area contributed by atoms with Gasteiger partial charge in [-0.25, -0.2) is 0 Å². The summed E-state index contributed by atoms with van der Waals surface area (Å²) in [4.78, 5) is 14.5. The quantitative estimate of drug-likeness (QED) is 0.707. The van der Waals surface area contributed by atoms with E-state index in [-0.39, 0.29) is 0 Å². The van der Waals surface area contributed by atoms with E-state index in [2.05, 4.69) is 11.8 Å². The Labute approximate surface area is 105 Å². The van der Waals surface area contributed by atoms with Crippen LogP contribution in [0.4, 0.5) is 0 Å². The van der Waals surface area contributed by atoms with Gasteiger partial charge in [0.2, 0.25) is 0 Å². The molecule has 0 radical (unpaired) electrons. The summed E-state index contributed by atoms with van der Waals surface area (Å²) in [6.07, 6.45) is 6.62. The molecule has 2 unspecified atom stereocenters. The van der Waals surface area contributed by atoms with Crippen molar-refractivity contribution in [1.29, 1.82) is 0 Å². The number of hydrogen-bond donors (Lipinski definition) is 0. The maximum Gasteiger partial charge on any atom is 0.137 e. The molecule has 3 nitrogen and oxygen atoms in total. The highest BCUT2D eigenvalue weighted by Gasteiger charge is 2.28. The summed E-state index contributed by atoms with van der Waals surface area (Å²) in [7, 11) is 0. The number of hydrogen-bond acceptors (Lipinski definition) is 3. The summed E-state index contributed by atoms with van der Waals surface area (Å²) in [6, 6.07) is 0.528. The van der Waals surface area contributed by atoms with Crippen molar-refractivity contribution in [3.05, 3.63) is 0 Å². The lowest BCUT2D eigenvalue weighted by atomic mass is 9.97. The monoisotopic (exact) mass is 239 g/mol. The van der Waals surface area contributed by atoms with Crippen LogP contribution in [0.1, 0.15) is 45.4 Å². The molecule has 17 heavy (non-hydrogen) atoms. The zero-order valence-corrected chi connectivity index (χ0v) is 11.0. The number of ether oxygens (including phenoxy) is 1. The molecule has 1 heterocycles. The molecule has 1 saturated heterocycles. The van der Waals surface area contributed by atoms with Crippen LogP contribution in [0, 0.1) is 5.92 Å². The second-order valence-electron chi connectivity index (χ2n) is 5.39. The normalized spacial score (nSPS) is 32.4. The van der Waals surface area contributed by atoms with Crippen LogP contribution < -0.4 is 0 Å². The van der Waals surface area contributed by atoms with Gasteiger partial charge in [-0.1, -0.05) is 19.8 Å². The number of Topliss-reactive ketones (excluding diaryl/α,β-unsaturated/α-hetero) is 1. The third kappa shape index (κ3) is 3.52. The fraction of sp³-hybridized carbons (Fsp3) is 0.929. The van der Waals surface area contributed by atoms with E-state index in [0.717, 1.165) is 52.0 Å². The largest absolute Gasteiger partial charge is 0.378 e. The molecule has 0 spiro atoms. The summed E-state index contributed by atoms with van der Waals surface area (Å²) in [5, 5.41) is 0. The Balaban J connectivity index is 1.90. The molecule has 0 N–H and O–H groups in total. The Bertz CT molecular complexity index is 255. The van der Waals surface area contributed by atoms with Gasteiger partial charge in [0.1, 0.15) is 5.78 Å². The first-order valence-electron chi connectivity index (χ1n) is 7.15. The molecular weight excluding hydrogens is 214 g/mol. The highest BCUT2D eigenvalue weighted by Crippen LogP contribution is 2.23. The first-order valence-corrected chi connectivity index (χ1v) is 7.15. The number of morpholine rings is 1. The lowest BCUT2D eigenvalue weighted by Gasteiger charge is -2.36. The van der Waals surface area contributed by atoms with Crippen molar-refractivity contribution in [3.8, 4) is 0 Å². The summed E-state index contributed by atoms with van der Waals surface area (Å²) in [5.41, 5.74) is 0. The van der Waals surface area contributed by atoms with E-state index in [1.807, 2.05) is 0 Å². The summed E-state index contributed by atoms with van der Waals surface area (Å²) < 4.78 is 5.52. The smallest absolute Gasteiger partial charge is 0.137 e. The van der Waals surface area contributed by atoms with E-state index in [4.69, 9.17) is 4.74 Å². The molecule has 2 fully saturated rings. The minimum Gasteiger partial charge on any atom is -0.378 e. The van der Waals surface area contributed by atoms with Crippen LogP contribution in [0.15, 0.2) is 0 Å². The molecule has 0 aromatic carbocycles. The van der Waals surface area contributed by atoms with Crippen molar-refractivity contribution in [3.63, 3.8) is 0 Å². The standard InChI is InChI=1S/C14H25NO2/c1-2-13-11-17-9-8-15(13)10-12-6-4-3-5-7-14(12)16/h12-13H,2-11H2,1H3. The maximum atomic E-state index is 12.0. The average Bonchev–Trinajstić information content (AvgIpc) is 2.56. The topological polar surface area (TPSA) is 29.5 Å². The molecule has 1 aliphatic heterocycles. The number of carbonyl (C=O) groups is 1. The number of rotatable bonds is 3. The van der Waals surface area contributed by atoms with Gasteiger partial charge >= 0.3 is 0 Å². The second-order valence-corrected chi connectivity index (χ2v) is 5.39. The molecule has 0 aromatic heterocycles. The third-order valence-corrected chi connectivity index (χ3v) is 4.21. The molecule has 1 aliphatic carbocycles. The van der Waals surface area contributed by atoms with Gasteiger partial charge in [-0.2, -0.15) is 0 Å². The zero-order valence-electron chi connectivity index (χ0n) is 11.0. The van der Waals surface area contributed by atoms with E-state index in [1.54, 1.807) is 0 Å². The van der Waals surface area contributed by atoms with Crippen molar-refractivity contribution < 1.29 is 9.53 Å². The van der Waals surface area contributed by atoms with Crippen LogP contribution >= 0.6 is 0 Å². The Morgan fingerprint density at radius 3 is 3.06 bits per heavy atom. The first kappa shape index (κ1) is 13.0. The molecule has 0 amide bonds. The molecule has 0 aromatic rings. The first-order chi connectivity index (χ1) is 8.31. The molecule has 1 saturated carbocycles. The number of nitrogens with zero attached hydrogens (tertiary/aromatic N) is 1. The van der Waals surface area contributed by atoms with E-state index in [0.29, 0.717) is 17.7 Å². The van der Waals surface area contributed by atoms with Crippen LogP contribution in [0.5, 0.6) is 0 Å². The lowest BCUT2D eigenvalue weighted by Crippen LogP contribution is -2.47. The minimum absolute atomic E-state index is 0.296. The predicted octanol–water partition coefficient (Wildman–Crippen LogP) is 2.25. The molecule has 2 atom stereocenters. The van der Waals surface area contributed by atoms with Gasteiger partial charge in [-0.05, 0) is 19.3 Å². The van der Waals surface area contributed by atoms with Gasteiger partial charge in [0.25, 0.3) is 0 Å². The highest BCUT2D eigenvalue weighted by molar-refractivity contribution is 5.81.